The van der Waals surface area contributed by atoms with Gasteiger partial charge in [-0.05, 0) is 56.7 Å². The van der Waals surface area contributed by atoms with Crippen LogP contribution >= 0.6 is 23.4 Å². The number of thioether (sulfide) groups is 1. The molecule has 1 aliphatic heterocycles. The molecular weight excluding hydrogens is 452 g/mol. The fraction of sp³-hybridized carbons (Fsp3) is 0.348. The Balaban J connectivity index is 1.57. The van der Waals surface area contributed by atoms with Gasteiger partial charge in [-0.3, -0.25) is 14.2 Å². The molecule has 0 spiro atoms. The summed E-state index contributed by atoms with van der Waals surface area (Å²) in [7, 11) is 0. The maximum absolute atomic E-state index is 13.1. The van der Waals surface area contributed by atoms with Crippen LogP contribution in [0.5, 0.6) is 11.5 Å². The molecule has 0 atom stereocenters. The number of nitrogens with zero attached hydrogens (tertiary/aromatic N) is 2. The topological polar surface area (TPSA) is 79.7 Å². The standard InChI is InChI=1S/C23H23ClN2O5S/c1-14(2)29-9-3-8-26-22(28)17-6-5-16(24)11-18(17)25-23(26)32-12-19(27)15-4-7-20-21(10-15)31-13-30-20/h4-7,10-11,14H,3,8-9,12-13H2,1-2H3. The first-order valence-corrected chi connectivity index (χ1v) is 11.7. The van der Waals surface area contributed by atoms with Crippen molar-refractivity contribution in [3.8, 4) is 11.5 Å². The zero-order chi connectivity index (χ0) is 22.7. The molecule has 0 radical (unpaired) electrons. The Kier molecular flexibility index (Phi) is 7.03. The van der Waals surface area contributed by atoms with Crippen molar-refractivity contribution in [2.75, 3.05) is 19.2 Å². The van der Waals surface area contributed by atoms with Crippen molar-refractivity contribution in [1.29, 1.82) is 0 Å². The minimum atomic E-state index is -0.158. The number of halogens is 1. The van der Waals surface area contributed by atoms with Gasteiger partial charge < -0.3 is 14.2 Å². The predicted molar refractivity (Wildman–Crippen MR) is 124 cm³/mol. The Morgan fingerprint density at radius 1 is 1.22 bits per heavy atom. The highest BCUT2D eigenvalue weighted by Gasteiger charge is 2.18. The quantitative estimate of drug-likeness (QED) is 0.194. The number of hydrogen-bond donors (Lipinski definition) is 0. The number of Topliss-reactive ketones (excluding diaryl/α,β-unsaturated/α-hetero) is 1. The van der Waals surface area contributed by atoms with E-state index in [1.165, 1.54) is 11.8 Å². The Morgan fingerprint density at radius 3 is 2.84 bits per heavy atom. The molecule has 32 heavy (non-hydrogen) atoms. The molecule has 0 aliphatic carbocycles. The van der Waals surface area contributed by atoms with Crippen LogP contribution in [0, 0.1) is 0 Å². The zero-order valence-corrected chi connectivity index (χ0v) is 19.4. The van der Waals surface area contributed by atoms with E-state index in [-0.39, 0.29) is 30.0 Å². The van der Waals surface area contributed by atoms with Crippen LogP contribution in [0.3, 0.4) is 0 Å². The van der Waals surface area contributed by atoms with Gasteiger partial charge in [-0.15, -0.1) is 0 Å². The molecule has 4 rings (SSSR count). The third-order valence-corrected chi connectivity index (χ3v) is 6.10. The summed E-state index contributed by atoms with van der Waals surface area (Å²) in [6.07, 6.45) is 0.777. The number of ketones is 1. The van der Waals surface area contributed by atoms with E-state index in [9.17, 15) is 9.59 Å². The van der Waals surface area contributed by atoms with Gasteiger partial charge in [-0.2, -0.15) is 0 Å². The number of fused-ring (bicyclic) bond motifs is 2. The number of ether oxygens (including phenoxy) is 3. The van der Waals surface area contributed by atoms with Gasteiger partial charge in [-0.25, -0.2) is 4.98 Å². The molecule has 0 unspecified atom stereocenters. The highest BCUT2D eigenvalue weighted by molar-refractivity contribution is 7.99. The molecule has 0 saturated heterocycles. The smallest absolute Gasteiger partial charge is 0.262 e. The second kappa shape index (κ2) is 9.94. The number of hydrogen-bond acceptors (Lipinski definition) is 7. The molecule has 9 heteroatoms. The van der Waals surface area contributed by atoms with Crippen molar-refractivity contribution in [1.82, 2.24) is 9.55 Å². The predicted octanol–water partition coefficient (Wildman–Crippen LogP) is 4.57. The fourth-order valence-corrected chi connectivity index (χ4v) is 4.39. The zero-order valence-electron chi connectivity index (χ0n) is 17.8. The molecule has 2 aromatic carbocycles. The van der Waals surface area contributed by atoms with Crippen LogP contribution in [0.4, 0.5) is 0 Å². The summed E-state index contributed by atoms with van der Waals surface area (Å²) in [5, 5.41) is 1.47. The molecule has 0 N–H and O–H groups in total. The van der Waals surface area contributed by atoms with E-state index < -0.39 is 0 Å². The number of carbonyl (C=O) groups is 1. The SMILES string of the molecule is CC(C)OCCCn1c(SCC(=O)c2ccc3c(c2)OCO3)nc2cc(Cl)ccc2c1=O. The normalized spacial score (nSPS) is 12.6. The Morgan fingerprint density at radius 2 is 2.03 bits per heavy atom. The van der Waals surface area contributed by atoms with E-state index in [1.54, 1.807) is 41.0 Å². The Hall–Kier alpha value is -2.55. The van der Waals surface area contributed by atoms with Gasteiger partial charge in [-0.1, -0.05) is 23.4 Å². The van der Waals surface area contributed by atoms with Crippen molar-refractivity contribution in [3.05, 3.63) is 57.3 Å². The maximum atomic E-state index is 13.1. The summed E-state index contributed by atoms with van der Waals surface area (Å²) in [5.41, 5.74) is 0.870. The number of rotatable bonds is 9. The van der Waals surface area contributed by atoms with Crippen molar-refractivity contribution in [2.24, 2.45) is 0 Å². The third kappa shape index (κ3) is 5.09. The van der Waals surface area contributed by atoms with E-state index in [4.69, 9.17) is 25.8 Å². The first-order chi connectivity index (χ1) is 15.4. The van der Waals surface area contributed by atoms with Crippen LogP contribution in [0.25, 0.3) is 10.9 Å². The van der Waals surface area contributed by atoms with Crippen LogP contribution in [-0.4, -0.2) is 40.6 Å². The lowest BCUT2D eigenvalue weighted by Gasteiger charge is -2.14. The summed E-state index contributed by atoms with van der Waals surface area (Å²) in [6.45, 7) is 5.06. The summed E-state index contributed by atoms with van der Waals surface area (Å²) in [4.78, 5) is 30.6. The Labute approximate surface area is 194 Å². The average molecular weight is 475 g/mol. The van der Waals surface area contributed by atoms with Gasteiger partial charge in [0.25, 0.3) is 5.56 Å². The van der Waals surface area contributed by atoms with Gasteiger partial charge in [0.05, 0.1) is 22.8 Å². The van der Waals surface area contributed by atoms with E-state index in [0.717, 1.165) is 0 Å². The second-order valence-electron chi connectivity index (χ2n) is 7.57. The Bertz CT molecular complexity index is 1210. The number of benzene rings is 2. The lowest BCUT2D eigenvalue weighted by molar-refractivity contribution is 0.0743. The lowest BCUT2D eigenvalue weighted by Crippen LogP contribution is -2.24. The van der Waals surface area contributed by atoms with Crippen LogP contribution in [0.1, 0.15) is 30.6 Å². The largest absolute Gasteiger partial charge is 0.454 e. The molecule has 2 heterocycles. The van der Waals surface area contributed by atoms with Crippen LogP contribution in [-0.2, 0) is 11.3 Å². The van der Waals surface area contributed by atoms with Gasteiger partial charge >= 0.3 is 0 Å². The van der Waals surface area contributed by atoms with E-state index >= 15 is 0 Å². The minimum Gasteiger partial charge on any atom is -0.454 e. The molecular formula is C23H23ClN2O5S. The van der Waals surface area contributed by atoms with E-state index in [0.29, 0.717) is 57.7 Å². The lowest BCUT2D eigenvalue weighted by atomic mass is 10.1. The van der Waals surface area contributed by atoms with Crippen LogP contribution in [0.2, 0.25) is 5.02 Å². The third-order valence-electron chi connectivity index (χ3n) is 4.89. The molecule has 1 aromatic heterocycles. The molecule has 7 nitrogen and oxygen atoms in total. The molecule has 0 saturated carbocycles. The first kappa shape index (κ1) is 22.6. The molecule has 168 valence electrons. The van der Waals surface area contributed by atoms with Crippen molar-refractivity contribution in [2.45, 2.75) is 38.1 Å². The summed E-state index contributed by atoms with van der Waals surface area (Å²) >= 11 is 7.33. The minimum absolute atomic E-state index is 0.0940. The second-order valence-corrected chi connectivity index (χ2v) is 8.94. The van der Waals surface area contributed by atoms with Gasteiger partial charge in [0.2, 0.25) is 6.79 Å². The summed E-state index contributed by atoms with van der Waals surface area (Å²) < 4.78 is 17.9. The van der Waals surface area contributed by atoms with Crippen molar-refractivity contribution >= 4 is 40.0 Å². The van der Waals surface area contributed by atoms with E-state index in [1.807, 2.05) is 13.8 Å². The first-order valence-electron chi connectivity index (χ1n) is 10.3. The van der Waals surface area contributed by atoms with Crippen LogP contribution in [0.15, 0.2) is 46.3 Å². The monoisotopic (exact) mass is 474 g/mol. The van der Waals surface area contributed by atoms with Crippen molar-refractivity contribution < 1.29 is 19.0 Å². The van der Waals surface area contributed by atoms with Gasteiger partial charge in [0.1, 0.15) is 0 Å². The number of aromatic nitrogens is 2. The summed E-state index contributed by atoms with van der Waals surface area (Å²) in [6, 6.07) is 10.1. The molecule has 0 fully saturated rings. The van der Waals surface area contributed by atoms with Gasteiger partial charge in [0.15, 0.2) is 22.4 Å². The van der Waals surface area contributed by atoms with Crippen molar-refractivity contribution in [3.63, 3.8) is 0 Å². The van der Waals surface area contributed by atoms with Gasteiger partial charge in [0, 0.05) is 23.7 Å². The van der Waals surface area contributed by atoms with E-state index in [2.05, 4.69) is 4.98 Å². The molecule has 1 aliphatic rings. The fourth-order valence-electron chi connectivity index (χ4n) is 3.31. The number of carbonyl (C=O) groups excluding carboxylic acids is 1. The molecule has 3 aromatic rings. The average Bonchev–Trinajstić information content (AvgIpc) is 3.24. The molecule has 0 bridgehead atoms. The maximum Gasteiger partial charge on any atom is 0.262 e. The molecule has 0 amide bonds. The highest BCUT2D eigenvalue weighted by Crippen LogP contribution is 2.33. The van der Waals surface area contributed by atoms with Crippen LogP contribution < -0.4 is 15.0 Å². The summed E-state index contributed by atoms with van der Waals surface area (Å²) in [5.74, 6) is 1.21. The highest BCUT2D eigenvalue weighted by atomic mass is 35.5.